The third-order valence-electron chi connectivity index (χ3n) is 7.61. The van der Waals surface area contributed by atoms with Crippen molar-refractivity contribution in [2.45, 2.75) is 12.1 Å². The van der Waals surface area contributed by atoms with Crippen LogP contribution in [0.4, 0.5) is 5.69 Å². The minimum absolute atomic E-state index is 0.203. The van der Waals surface area contributed by atoms with Crippen LogP contribution in [-0.2, 0) is 9.59 Å². The lowest BCUT2D eigenvalue weighted by atomic mass is 9.83. The molecule has 7 rings (SSSR count). The fourth-order valence-electron chi connectivity index (χ4n) is 6.01. The van der Waals surface area contributed by atoms with Crippen molar-refractivity contribution < 1.29 is 14.4 Å². The monoisotopic (exact) mass is 471 g/mol. The molecule has 6 heteroatoms. The van der Waals surface area contributed by atoms with E-state index in [1.54, 1.807) is 41.6 Å². The molecule has 174 valence electrons. The van der Waals surface area contributed by atoms with Crippen LogP contribution in [0, 0.1) is 11.8 Å². The number of imide groups is 1. The zero-order valence-corrected chi connectivity index (χ0v) is 19.2. The number of fused-ring (bicyclic) bond motifs is 6. The minimum atomic E-state index is -0.867. The molecule has 3 aliphatic heterocycles. The maximum atomic E-state index is 14.0. The fourth-order valence-corrected chi connectivity index (χ4v) is 6.01. The SMILES string of the molecule is O=C(c1ccccc1)[C@@H]1[C@@H]2C(=O)N(c3ccc4ccccc4c3)C(=O)[C@H]2[C@@H]2c3ccccc3C=NN12. The number of hydrogen-bond acceptors (Lipinski definition) is 5. The summed E-state index contributed by atoms with van der Waals surface area (Å²) in [6, 6.07) is 28.7. The molecular formula is C30H21N3O3. The van der Waals surface area contributed by atoms with E-state index >= 15 is 0 Å². The molecule has 0 radical (unpaired) electrons. The normalized spacial score (nSPS) is 24.1. The third-order valence-corrected chi connectivity index (χ3v) is 7.61. The van der Waals surface area contributed by atoms with Crippen molar-refractivity contribution in [3.63, 3.8) is 0 Å². The highest BCUT2D eigenvalue weighted by molar-refractivity contribution is 6.25. The van der Waals surface area contributed by atoms with Crippen molar-refractivity contribution in [1.82, 2.24) is 5.01 Å². The van der Waals surface area contributed by atoms with E-state index < -0.39 is 23.9 Å². The molecule has 4 atom stereocenters. The second-order valence-electron chi connectivity index (χ2n) is 9.47. The van der Waals surface area contributed by atoms with E-state index in [-0.39, 0.29) is 17.6 Å². The summed E-state index contributed by atoms with van der Waals surface area (Å²) in [5.41, 5.74) is 2.84. The Labute approximate surface area is 207 Å². The molecular weight excluding hydrogens is 450 g/mol. The van der Waals surface area contributed by atoms with Crippen LogP contribution in [0.5, 0.6) is 0 Å². The van der Waals surface area contributed by atoms with Crippen LogP contribution in [-0.4, -0.2) is 34.9 Å². The number of amides is 2. The van der Waals surface area contributed by atoms with E-state index in [1.165, 1.54) is 4.90 Å². The molecule has 3 heterocycles. The fraction of sp³-hybridized carbons (Fsp3) is 0.133. The van der Waals surface area contributed by atoms with Crippen molar-refractivity contribution in [3.8, 4) is 0 Å². The van der Waals surface area contributed by atoms with Crippen LogP contribution in [0.2, 0.25) is 0 Å². The van der Waals surface area contributed by atoms with Crippen LogP contribution in [0.1, 0.15) is 27.5 Å². The van der Waals surface area contributed by atoms with E-state index in [0.717, 1.165) is 21.9 Å². The molecule has 36 heavy (non-hydrogen) atoms. The first kappa shape index (κ1) is 20.8. The highest BCUT2D eigenvalue weighted by Crippen LogP contribution is 2.53. The number of rotatable bonds is 3. The molecule has 0 saturated carbocycles. The first-order chi connectivity index (χ1) is 17.6. The van der Waals surface area contributed by atoms with Crippen LogP contribution in [0.25, 0.3) is 10.8 Å². The zero-order valence-electron chi connectivity index (χ0n) is 19.2. The van der Waals surface area contributed by atoms with Crippen molar-refractivity contribution in [3.05, 3.63) is 114 Å². The number of hydrogen-bond donors (Lipinski definition) is 0. The van der Waals surface area contributed by atoms with Crippen LogP contribution in [0.15, 0.2) is 102 Å². The number of ketones is 1. The predicted octanol–water partition coefficient (Wildman–Crippen LogP) is 4.60. The van der Waals surface area contributed by atoms with Crippen LogP contribution < -0.4 is 4.90 Å². The molecule has 0 N–H and O–H groups in total. The predicted molar refractivity (Wildman–Crippen MR) is 137 cm³/mol. The van der Waals surface area contributed by atoms with Crippen molar-refractivity contribution in [2.24, 2.45) is 16.9 Å². The zero-order chi connectivity index (χ0) is 24.4. The molecule has 3 aliphatic rings. The number of Topliss-reactive ketones (excluding diaryl/α,β-unsaturated/α-hetero) is 1. The Kier molecular flexibility index (Phi) is 4.45. The van der Waals surface area contributed by atoms with Crippen molar-refractivity contribution >= 4 is 40.3 Å². The van der Waals surface area contributed by atoms with E-state index in [0.29, 0.717) is 11.3 Å². The Morgan fingerprint density at radius 1 is 0.722 bits per heavy atom. The quantitative estimate of drug-likeness (QED) is 0.323. The maximum absolute atomic E-state index is 14.0. The molecule has 0 aromatic heterocycles. The molecule has 2 saturated heterocycles. The first-order valence-corrected chi connectivity index (χ1v) is 12.0. The Morgan fingerprint density at radius 2 is 1.42 bits per heavy atom. The smallest absolute Gasteiger partial charge is 0.240 e. The molecule has 2 amide bonds. The standard InChI is InChI=1S/C30H21N3O3/c34-28(19-9-2-1-3-10-19)27-25-24(26-23-13-7-6-12-21(23)17-31-33(26)27)29(35)32(30(25)36)22-15-14-18-8-4-5-11-20(18)16-22/h1-17,24-27H/t24-,25-,26+,27+/m1/s1. The second kappa shape index (κ2) is 7.71. The van der Waals surface area contributed by atoms with Crippen molar-refractivity contribution in [1.29, 1.82) is 0 Å². The van der Waals surface area contributed by atoms with Gasteiger partial charge in [0.25, 0.3) is 0 Å². The Bertz CT molecular complexity index is 1600. The van der Waals surface area contributed by atoms with Crippen LogP contribution >= 0.6 is 0 Å². The third kappa shape index (κ3) is 2.84. The summed E-state index contributed by atoms with van der Waals surface area (Å²) in [7, 11) is 0. The van der Waals surface area contributed by atoms with Gasteiger partial charge in [-0.1, -0.05) is 84.9 Å². The molecule has 2 fully saturated rings. The number of carbonyl (C=O) groups excluding carboxylic acids is 3. The highest BCUT2D eigenvalue weighted by atomic mass is 16.2. The van der Waals surface area contributed by atoms with Gasteiger partial charge < -0.3 is 0 Å². The summed E-state index contributed by atoms with van der Waals surface area (Å²) in [5.74, 6) is -2.38. The highest BCUT2D eigenvalue weighted by Gasteiger charge is 2.65. The Morgan fingerprint density at radius 3 is 2.25 bits per heavy atom. The van der Waals surface area contributed by atoms with Gasteiger partial charge in [-0.05, 0) is 34.0 Å². The molecule has 0 spiro atoms. The molecule has 4 aromatic carbocycles. The molecule has 4 aromatic rings. The molecule has 0 unspecified atom stereocenters. The summed E-state index contributed by atoms with van der Waals surface area (Å²) in [6.07, 6.45) is 1.72. The Hall–Kier alpha value is -4.58. The average molecular weight is 472 g/mol. The van der Waals surface area contributed by atoms with Gasteiger partial charge >= 0.3 is 0 Å². The molecule has 0 aliphatic carbocycles. The lowest BCUT2D eigenvalue weighted by Gasteiger charge is -2.33. The number of anilines is 1. The second-order valence-corrected chi connectivity index (χ2v) is 9.47. The Balaban J connectivity index is 1.38. The van der Waals surface area contributed by atoms with Gasteiger partial charge in [-0.15, -0.1) is 0 Å². The summed E-state index contributed by atoms with van der Waals surface area (Å²) in [6.45, 7) is 0. The van der Waals surface area contributed by atoms with Gasteiger partial charge in [-0.25, -0.2) is 4.90 Å². The number of carbonyl (C=O) groups is 3. The van der Waals surface area contributed by atoms with E-state index in [4.69, 9.17) is 0 Å². The van der Waals surface area contributed by atoms with Gasteiger partial charge in [-0.3, -0.25) is 19.4 Å². The van der Waals surface area contributed by atoms with Gasteiger partial charge in [0, 0.05) is 5.56 Å². The van der Waals surface area contributed by atoms with Gasteiger partial charge in [0.15, 0.2) is 5.78 Å². The largest absolute Gasteiger partial charge is 0.292 e. The average Bonchev–Trinajstić information content (AvgIpc) is 3.40. The number of nitrogens with zero attached hydrogens (tertiary/aromatic N) is 3. The van der Waals surface area contributed by atoms with E-state index in [2.05, 4.69) is 5.10 Å². The molecule has 0 bridgehead atoms. The van der Waals surface area contributed by atoms with Gasteiger partial charge in [0.05, 0.1) is 29.8 Å². The topological polar surface area (TPSA) is 70.0 Å². The summed E-state index contributed by atoms with van der Waals surface area (Å²) in [4.78, 5) is 43.1. The maximum Gasteiger partial charge on any atom is 0.240 e. The summed E-state index contributed by atoms with van der Waals surface area (Å²) in [5, 5.41) is 8.28. The van der Waals surface area contributed by atoms with E-state index in [1.807, 2.05) is 66.7 Å². The number of benzene rings is 4. The first-order valence-electron chi connectivity index (χ1n) is 12.0. The lowest BCUT2D eigenvalue weighted by Crippen LogP contribution is -2.44. The summed E-state index contributed by atoms with van der Waals surface area (Å²) >= 11 is 0. The lowest BCUT2D eigenvalue weighted by molar-refractivity contribution is -0.124. The van der Waals surface area contributed by atoms with Crippen LogP contribution in [0.3, 0.4) is 0 Å². The molecule has 6 nitrogen and oxygen atoms in total. The van der Waals surface area contributed by atoms with Crippen molar-refractivity contribution in [2.75, 3.05) is 4.90 Å². The minimum Gasteiger partial charge on any atom is -0.292 e. The van der Waals surface area contributed by atoms with E-state index in [9.17, 15) is 14.4 Å². The summed E-state index contributed by atoms with van der Waals surface area (Å²) < 4.78 is 0. The van der Waals surface area contributed by atoms with Gasteiger partial charge in [0.2, 0.25) is 11.8 Å². The van der Waals surface area contributed by atoms with Gasteiger partial charge in [0.1, 0.15) is 6.04 Å². The number of hydrazone groups is 1. The van der Waals surface area contributed by atoms with Gasteiger partial charge in [-0.2, -0.15) is 5.10 Å².